The van der Waals surface area contributed by atoms with Gasteiger partial charge in [-0.3, -0.25) is 9.78 Å². The Morgan fingerprint density at radius 2 is 2.10 bits per heavy atom. The van der Waals surface area contributed by atoms with Crippen LogP contribution in [0.4, 0.5) is 5.69 Å². The summed E-state index contributed by atoms with van der Waals surface area (Å²) < 4.78 is 10.5. The number of methoxy groups -OCH3 is 1. The highest BCUT2D eigenvalue weighted by molar-refractivity contribution is 6.31. The number of anilines is 1. The molecule has 144 valence electrons. The van der Waals surface area contributed by atoms with Gasteiger partial charge in [-0.05, 0) is 42.5 Å². The van der Waals surface area contributed by atoms with E-state index in [1.54, 1.807) is 42.6 Å². The van der Waals surface area contributed by atoms with Gasteiger partial charge in [0.25, 0.3) is 5.91 Å². The average molecular weight is 408 g/mol. The van der Waals surface area contributed by atoms with E-state index in [1.807, 2.05) is 6.07 Å². The third-order valence-corrected chi connectivity index (χ3v) is 4.09. The average Bonchev–Trinajstić information content (AvgIpc) is 3.20. The van der Waals surface area contributed by atoms with Gasteiger partial charge in [0, 0.05) is 22.9 Å². The van der Waals surface area contributed by atoms with E-state index < -0.39 is 11.9 Å². The highest BCUT2D eigenvalue weighted by Crippen LogP contribution is 2.30. The van der Waals surface area contributed by atoms with Gasteiger partial charge in [-0.2, -0.15) is 5.26 Å². The van der Waals surface area contributed by atoms with E-state index >= 15 is 0 Å². The normalized spacial score (nSPS) is 10.9. The molecule has 0 fully saturated rings. The van der Waals surface area contributed by atoms with E-state index in [0.29, 0.717) is 22.0 Å². The minimum atomic E-state index is -0.601. The maximum absolute atomic E-state index is 12.3. The molecular weight excluding hydrogens is 394 g/mol. The molecule has 2 aromatic heterocycles. The number of amides is 1. The molecule has 1 N–H and O–H groups in total. The second-order valence-electron chi connectivity index (χ2n) is 5.75. The SMILES string of the molecule is COC(=O)c1ccc(Cl)cc1-c1ccc(/C=C(\C#N)C(=O)Nc2cccnc2)o1. The van der Waals surface area contributed by atoms with E-state index in [1.165, 1.54) is 25.4 Å². The summed E-state index contributed by atoms with van der Waals surface area (Å²) in [4.78, 5) is 28.2. The fraction of sp³-hybridized carbons (Fsp3) is 0.0476. The van der Waals surface area contributed by atoms with Gasteiger partial charge in [-0.15, -0.1) is 0 Å². The first-order chi connectivity index (χ1) is 14.0. The summed E-state index contributed by atoms with van der Waals surface area (Å²) in [6, 6.07) is 13.0. The molecule has 0 aliphatic carbocycles. The van der Waals surface area contributed by atoms with Crippen LogP contribution in [0.1, 0.15) is 16.1 Å². The Morgan fingerprint density at radius 3 is 2.79 bits per heavy atom. The number of aromatic nitrogens is 1. The molecule has 0 unspecified atom stereocenters. The van der Waals surface area contributed by atoms with Crippen molar-refractivity contribution >= 4 is 35.2 Å². The Labute approximate surface area is 171 Å². The summed E-state index contributed by atoms with van der Waals surface area (Å²) in [7, 11) is 1.27. The van der Waals surface area contributed by atoms with Gasteiger partial charge in [0.15, 0.2) is 0 Å². The number of halogens is 1. The quantitative estimate of drug-likeness (QED) is 0.383. The van der Waals surface area contributed by atoms with E-state index in [-0.39, 0.29) is 16.9 Å². The van der Waals surface area contributed by atoms with E-state index in [0.717, 1.165) is 0 Å². The van der Waals surface area contributed by atoms with Gasteiger partial charge >= 0.3 is 5.97 Å². The third kappa shape index (κ3) is 4.69. The number of rotatable bonds is 5. The maximum Gasteiger partial charge on any atom is 0.338 e. The zero-order chi connectivity index (χ0) is 20.8. The lowest BCUT2D eigenvalue weighted by atomic mass is 10.1. The van der Waals surface area contributed by atoms with Gasteiger partial charge in [0.1, 0.15) is 23.2 Å². The van der Waals surface area contributed by atoms with Crippen LogP contribution in [0.2, 0.25) is 5.02 Å². The van der Waals surface area contributed by atoms with Crippen LogP contribution in [0.25, 0.3) is 17.4 Å². The molecule has 7 nitrogen and oxygen atoms in total. The van der Waals surface area contributed by atoms with Crippen LogP contribution in [0, 0.1) is 11.3 Å². The zero-order valence-corrected chi connectivity index (χ0v) is 15.9. The summed E-state index contributed by atoms with van der Waals surface area (Å²) in [6.07, 6.45) is 4.34. The largest absolute Gasteiger partial charge is 0.465 e. The van der Waals surface area contributed by atoms with Crippen LogP contribution < -0.4 is 5.32 Å². The van der Waals surface area contributed by atoms with Gasteiger partial charge < -0.3 is 14.5 Å². The first kappa shape index (κ1) is 19.9. The topological polar surface area (TPSA) is 105 Å². The third-order valence-electron chi connectivity index (χ3n) is 3.85. The standard InChI is InChI=1S/C21H14ClN3O4/c1-28-21(27)17-6-4-14(22)10-18(17)19-7-5-16(29-19)9-13(11-23)20(26)25-15-3-2-8-24-12-15/h2-10,12H,1H3,(H,25,26)/b13-9+. The van der Waals surface area contributed by atoms with Crippen LogP contribution in [-0.4, -0.2) is 24.0 Å². The second kappa shape index (κ2) is 8.87. The molecule has 0 aliphatic heterocycles. The Bertz CT molecular complexity index is 1130. The number of nitrogens with one attached hydrogen (secondary N) is 1. The van der Waals surface area contributed by atoms with Crippen molar-refractivity contribution in [1.29, 1.82) is 5.26 Å². The van der Waals surface area contributed by atoms with Crippen molar-refractivity contribution in [3.63, 3.8) is 0 Å². The number of furan rings is 1. The predicted octanol–water partition coefficient (Wildman–Crippen LogP) is 4.33. The lowest BCUT2D eigenvalue weighted by molar-refractivity contribution is -0.112. The highest BCUT2D eigenvalue weighted by atomic mass is 35.5. The van der Waals surface area contributed by atoms with Gasteiger partial charge in [-0.25, -0.2) is 4.79 Å². The van der Waals surface area contributed by atoms with Crippen molar-refractivity contribution in [2.24, 2.45) is 0 Å². The fourth-order valence-electron chi connectivity index (χ4n) is 2.51. The number of carbonyl (C=O) groups excluding carboxylic acids is 2. The lowest BCUT2D eigenvalue weighted by Crippen LogP contribution is -2.13. The Hall–Kier alpha value is -3.89. The summed E-state index contributed by atoms with van der Waals surface area (Å²) >= 11 is 6.04. The molecule has 0 aliphatic rings. The Morgan fingerprint density at radius 1 is 1.28 bits per heavy atom. The molecule has 29 heavy (non-hydrogen) atoms. The first-order valence-electron chi connectivity index (χ1n) is 8.33. The lowest BCUT2D eigenvalue weighted by Gasteiger charge is -2.06. The number of nitriles is 1. The molecule has 2 heterocycles. The summed E-state index contributed by atoms with van der Waals surface area (Å²) in [5.74, 6) is -0.548. The summed E-state index contributed by atoms with van der Waals surface area (Å²) in [5, 5.41) is 12.3. The second-order valence-corrected chi connectivity index (χ2v) is 6.19. The molecule has 3 rings (SSSR count). The molecule has 0 saturated heterocycles. The van der Waals surface area contributed by atoms with Crippen LogP contribution in [0.5, 0.6) is 0 Å². The van der Waals surface area contributed by atoms with Crippen LogP contribution in [0.3, 0.4) is 0 Å². The fourth-order valence-corrected chi connectivity index (χ4v) is 2.68. The summed E-state index contributed by atoms with van der Waals surface area (Å²) in [5.41, 5.74) is 1.01. The molecule has 0 bridgehead atoms. The van der Waals surface area contributed by atoms with Gasteiger partial charge in [0.05, 0.1) is 24.6 Å². The van der Waals surface area contributed by atoms with Crippen LogP contribution >= 0.6 is 11.6 Å². The highest BCUT2D eigenvalue weighted by Gasteiger charge is 2.17. The van der Waals surface area contributed by atoms with Crippen molar-refractivity contribution in [2.45, 2.75) is 0 Å². The number of nitrogens with zero attached hydrogens (tertiary/aromatic N) is 2. The number of esters is 1. The molecule has 0 atom stereocenters. The maximum atomic E-state index is 12.3. The number of pyridine rings is 1. The molecule has 0 spiro atoms. The minimum Gasteiger partial charge on any atom is -0.465 e. The molecule has 8 heteroatoms. The number of ether oxygens (including phenoxy) is 1. The van der Waals surface area contributed by atoms with Gasteiger partial charge in [-0.1, -0.05) is 11.6 Å². The number of carbonyl (C=O) groups is 2. The zero-order valence-electron chi connectivity index (χ0n) is 15.2. The number of hydrogen-bond acceptors (Lipinski definition) is 6. The van der Waals surface area contributed by atoms with Crippen molar-refractivity contribution in [2.75, 3.05) is 12.4 Å². The number of hydrogen-bond donors (Lipinski definition) is 1. The molecule has 0 saturated carbocycles. The molecule has 1 amide bonds. The van der Waals surface area contributed by atoms with Crippen molar-refractivity contribution in [3.8, 4) is 17.4 Å². The van der Waals surface area contributed by atoms with Crippen molar-refractivity contribution < 1.29 is 18.7 Å². The van der Waals surface area contributed by atoms with E-state index in [4.69, 9.17) is 20.8 Å². The van der Waals surface area contributed by atoms with E-state index in [9.17, 15) is 14.9 Å². The monoisotopic (exact) mass is 407 g/mol. The predicted molar refractivity (Wildman–Crippen MR) is 107 cm³/mol. The number of benzene rings is 1. The van der Waals surface area contributed by atoms with Crippen LogP contribution in [0.15, 0.2) is 64.8 Å². The van der Waals surface area contributed by atoms with E-state index in [2.05, 4.69) is 10.3 Å². The minimum absolute atomic E-state index is 0.158. The first-order valence-corrected chi connectivity index (χ1v) is 8.71. The molecule has 3 aromatic rings. The van der Waals surface area contributed by atoms with Gasteiger partial charge in [0.2, 0.25) is 0 Å². The van der Waals surface area contributed by atoms with Crippen LogP contribution in [-0.2, 0) is 9.53 Å². The smallest absolute Gasteiger partial charge is 0.338 e. The van der Waals surface area contributed by atoms with Crippen molar-refractivity contribution in [3.05, 3.63) is 76.8 Å². The Kier molecular flexibility index (Phi) is 6.07. The molecule has 1 aromatic carbocycles. The summed E-state index contributed by atoms with van der Waals surface area (Å²) in [6.45, 7) is 0. The molecule has 0 radical (unpaired) electrons. The Balaban J connectivity index is 1.90. The van der Waals surface area contributed by atoms with Crippen molar-refractivity contribution in [1.82, 2.24) is 4.98 Å². The molecular formula is C21H14ClN3O4.